The standard InChI is InChI=1S/C23H24FN3O2/c1-4-29-22(28)20-16(3)26-23(25-14-13-17-7-11-19(24)12-8-17)27-21(20)18-9-5-15(2)6-10-18/h5-12H,4,13-14H2,1-3H3,(H,25,26,27). The molecule has 3 rings (SSSR count). The van der Waals surface area contributed by atoms with Crippen molar-refractivity contribution in [3.05, 3.63) is 76.7 Å². The van der Waals surface area contributed by atoms with Gasteiger partial charge in [0.1, 0.15) is 11.4 Å². The van der Waals surface area contributed by atoms with E-state index < -0.39 is 5.97 Å². The highest BCUT2D eigenvalue weighted by molar-refractivity contribution is 5.97. The fourth-order valence-electron chi connectivity index (χ4n) is 2.99. The molecule has 1 heterocycles. The summed E-state index contributed by atoms with van der Waals surface area (Å²) in [5.74, 6) is -0.246. The molecule has 0 fully saturated rings. The fourth-order valence-corrected chi connectivity index (χ4v) is 2.99. The zero-order valence-corrected chi connectivity index (χ0v) is 16.8. The summed E-state index contributed by atoms with van der Waals surface area (Å²) in [6, 6.07) is 14.2. The van der Waals surface area contributed by atoms with Gasteiger partial charge in [-0.2, -0.15) is 0 Å². The van der Waals surface area contributed by atoms with Crippen molar-refractivity contribution in [1.82, 2.24) is 9.97 Å². The van der Waals surface area contributed by atoms with E-state index in [-0.39, 0.29) is 12.4 Å². The van der Waals surface area contributed by atoms with Gasteiger partial charge in [-0.15, -0.1) is 0 Å². The van der Waals surface area contributed by atoms with Gasteiger partial charge >= 0.3 is 5.97 Å². The lowest BCUT2D eigenvalue weighted by Crippen LogP contribution is -2.15. The van der Waals surface area contributed by atoms with E-state index in [0.717, 1.165) is 16.7 Å². The molecule has 2 aromatic carbocycles. The van der Waals surface area contributed by atoms with Crippen LogP contribution in [0.5, 0.6) is 0 Å². The average molecular weight is 393 g/mol. The lowest BCUT2D eigenvalue weighted by molar-refractivity contribution is 0.0525. The Morgan fingerprint density at radius 1 is 1.03 bits per heavy atom. The van der Waals surface area contributed by atoms with Crippen molar-refractivity contribution in [3.63, 3.8) is 0 Å². The predicted molar refractivity (Wildman–Crippen MR) is 111 cm³/mol. The van der Waals surface area contributed by atoms with E-state index in [9.17, 15) is 9.18 Å². The van der Waals surface area contributed by atoms with E-state index in [0.29, 0.717) is 35.9 Å². The third kappa shape index (κ3) is 5.16. The van der Waals surface area contributed by atoms with E-state index in [4.69, 9.17) is 4.74 Å². The lowest BCUT2D eigenvalue weighted by Gasteiger charge is -2.14. The highest BCUT2D eigenvalue weighted by atomic mass is 19.1. The average Bonchev–Trinajstić information content (AvgIpc) is 2.70. The van der Waals surface area contributed by atoms with Gasteiger partial charge in [0, 0.05) is 12.1 Å². The van der Waals surface area contributed by atoms with Crippen molar-refractivity contribution < 1.29 is 13.9 Å². The monoisotopic (exact) mass is 393 g/mol. The van der Waals surface area contributed by atoms with Crippen molar-refractivity contribution in [1.29, 1.82) is 0 Å². The molecule has 6 heteroatoms. The van der Waals surface area contributed by atoms with E-state index in [1.807, 2.05) is 31.2 Å². The Labute approximate surface area is 170 Å². The van der Waals surface area contributed by atoms with Crippen molar-refractivity contribution in [2.24, 2.45) is 0 Å². The van der Waals surface area contributed by atoms with Crippen molar-refractivity contribution in [2.45, 2.75) is 27.2 Å². The van der Waals surface area contributed by atoms with Crippen LogP contribution in [0, 0.1) is 19.7 Å². The number of carbonyl (C=O) groups is 1. The van der Waals surface area contributed by atoms with E-state index >= 15 is 0 Å². The second-order valence-corrected chi connectivity index (χ2v) is 6.75. The number of carbonyl (C=O) groups excluding carboxylic acids is 1. The fraction of sp³-hybridized carbons (Fsp3) is 0.261. The van der Waals surface area contributed by atoms with Gasteiger partial charge in [0.05, 0.1) is 18.0 Å². The number of benzene rings is 2. The van der Waals surface area contributed by atoms with Crippen LogP contribution in [0.15, 0.2) is 48.5 Å². The SMILES string of the molecule is CCOC(=O)c1c(C)nc(NCCc2ccc(F)cc2)nc1-c1ccc(C)cc1. The number of esters is 1. The molecule has 0 aliphatic carbocycles. The quantitative estimate of drug-likeness (QED) is 0.588. The van der Waals surface area contributed by atoms with Crippen LogP contribution in [-0.2, 0) is 11.2 Å². The zero-order valence-electron chi connectivity index (χ0n) is 16.8. The first-order valence-corrected chi connectivity index (χ1v) is 9.59. The maximum atomic E-state index is 13.0. The molecule has 0 radical (unpaired) electrons. The Morgan fingerprint density at radius 2 is 1.72 bits per heavy atom. The summed E-state index contributed by atoms with van der Waals surface area (Å²) in [4.78, 5) is 21.6. The molecule has 1 N–H and O–H groups in total. The van der Waals surface area contributed by atoms with Crippen molar-refractivity contribution in [3.8, 4) is 11.3 Å². The molecule has 0 saturated carbocycles. The van der Waals surface area contributed by atoms with E-state index in [1.165, 1.54) is 12.1 Å². The van der Waals surface area contributed by atoms with Crippen LogP contribution in [0.25, 0.3) is 11.3 Å². The number of hydrogen-bond donors (Lipinski definition) is 1. The highest BCUT2D eigenvalue weighted by Crippen LogP contribution is 2.26. The summed E-state index contributed by atoms with van der Waals surface area (Å²) < 4.78 is 18.2. The molecule has 0 unspecified atom stereocenters. The van der Waals surface area contributed by atoms with Crippen LogP contribution >= 0.6 is 0 Å². The second-order valence-electron chi connectivity index (χ2n) is 6.75. The molecule has 0 bridgehead atoms. The topological polar surface area (TPSA) is 64.1 Å². The number of aryl methyl sites for hydroxylation is 2. The zero-order chi connectivity index (χ0) is 20.8. The molecule has 0 saturated heterocycles. The number of aromatic nitrogens is 2. The van der Waals surface area contributed by atoms with Gasteiger partial charge in [-0.3, -0.25) is 0 Å². The van der Waals surface area contributed by atoms with Gasteiger partial charge in [-0.25, -0.2) is 19.2 Å². The molecular formula is C23H24FN3O2. The molecule has 29 heavy (non-hydrogen) atoms. The number of halogens is 1. The Morgan fingerprint density at radius 3 is 2.38 bits per heavy atom. The molecule has 5 nitrogen and oxygen atoms in total. The number of ether oxygens (including phenoxy) is 1. The summed E-state index contributed by atoms with van der Waals surface area (Å²) >= 11 is 0. The maximum Gasteiger partial charge on any atom is 0.342 e. The van der Waals surface area contributed by atoms with Crippen LogP contribution in [0.3, 0.4) is 0 Å². The number of nitrogens with one attached hydrogen (secondary N) is 1. The summed E-state index contributed by atoms with van der Waals surface area (Å²) in [7, 11) is 0. The Hall–Kier alpha value is -3.28. The van der Waals surface area contributed by atoms with Crippen LogP contribution in [0.4, 0.5) is 10.3 Å². The van der Waals surface area contributed by atoms with Crippen LogP contribution in [-0.4, -0.2) is 29.1 Å². The van der Waals surface area contributed by atoms with Crippen LogP contribution in [0.2, 0.25) is 0 Å². The lowest BCUT2D eigenvalue weighted by atomic mass is 10.0. The van der Waals surface area contributed by atoms with Gasteiger partial charge in [0.25, 0.3) is 0 Å². The molecular weight excluding hydrogens is 369 g/mol. The third-order valence-electron chi connectivity index (χ3n) is 4.50. The first-order valence-electron chi connectivity index (χ1n) is 9.59. The largest absolute Gasteiger partial charge is 0.462 e. The summed E-state index contributed by atoms with van der Waals surface area (Å²) in [6.45, 7) is 6.41. The first kappa shape index (κ1) is 20.5. The van der Waals surface area contributed by atoms with E-state index in [2.05, 4.69) is 15.3 Å². The van der Waals surface area contributed by atoms with Gasteiger partial charge in [-0.1, -0.05) is 42.0 Å². The molecule has 3 aromatic rings. The number of anilines is 1. The van der Waals surface area contributed by atoms with Gasteiger partial charge in [-0.05, 0) is 44.9 Å². The molecule has 0 spiro atoms. The molecule has 0 amide bonds. The third-order valence-corrected chi connectivity index (χ3v) is 4.50. The number of rotatable bonds is 7. The minimum Gasteiger partial charge on any atom is -0.462 e. The Bertz CT molecular complexity index is 986. The molecule has 0 aliphatic rings. The summed E-state index contributed by atoms with van der Waals surface area (Å²) in [6.07, 6.45) is 0.697. The van der Waals surface area contributed by atoms with E-state index in [1.54, 1.807) is 26.0 Å². The minimum absolute atomic E-state index is 0.252. The second kappa shape index (κ2) is 9.28. The predicted octanol–water partition coefficient (Wildman–Crippen LogP) is 4.73. The van der Waals surface area contributed by atoms with Crippen LogP contribution < -0.4 is 5.32 Å². The summed E-state index contributed by atoms with van der Waals surface area (Å²) in [5, 5.41) is 3.20. The maximum absolute atomic E-state index is 13.0. The molecule has 0 atom stereocenters. The van der Waals surface area contributed by atoms with Gasteiger partial charge in [0.2, 0.25) is 5.95 Å². The molecule has 150 valence electrons. The first-order chi connectivity index (χ1) is 14.0. The summed E-state index contributed by atoms with van der Waals surface area (Å²) in [5.41, 5.74) is 4.43. The smallest absolute Gasteiger partial charge is 0.342 e. The van der Waals surface area contributed by atoms with Crippen molar-refractivity contribution >= 4 is 11.9 Å². The van der Waals surface area contributed by atoms with Gasteiger partial charge in [0.15, 0.2) is 0 Å². The minimum atomic E-state index is -0.432. The van der Waals surface area contributed by atoms with Crippen molar-refractivity contribution in [2.75, 3.05) is 18.5 Å². The Kier molecular flexibility index (Phi) is 6.54. The van der Waals surface area contributed by atoms with Crippen LogP contribution in [0.1, 0.15) is 34.1 Å². The molecule has 0 aliphatic heterocycles. The molecule has 1 aromatic heterocycles. The highest BCUT2D eigenvalue weighted by Gasteiger charge is 2.21. The number of hydrogen-bond acceptors (Lipinski definition) is 5. The van der Waals surface area contributed by atoms with Gasteiger partial charge < -0.3 is 10.1 Å². The Balaban J connectivity index is 1.87. The normalized spacial score (nSPS) is 10.6. The number of nitrogens with zero attached hydrogens (tertiary/aromatic N) is 2.